The van der Waals surface area contributed by atoms with Crippen LogP contribution in [0.3, 0.4) is 0 Å². The molecule has 0 saturated heterocycles. The van der Waals surface area contributed by atoms with E-state index in [1.165, 1.54) is 31.1 Å². The first-order chi connectivity index (χ1) is 38.2. The minimum atomic E-state index is 0.519. The molecule has 0 radical (unpaired) electrons. The molecule has 0 spiro atoms. The van der Waals surface area contributed by atoms with Crippen molar-refractivity contribution in [3.05, 3.63) is 237 Å². The van der Waals surface area contributed by atoms with E-state index < -0.39 is 0 Å². The van der Waals surface area contributed by atoms with Gasteiger partial charge in [-0.25, -0.2) is 4.98 Å². The van der Waals surface area contributed by atoms with Crippen molar-refractivity contribution in [3.8, 4) is 56.7 Å². The summed E-state index contributed by atoms with van der Waals surface area (Å²) in [6.45, 7) is 0. The van der Waals surface area contributed by atoms with E-state index in [1.807, 2.05) is 41.7 Å². The predicted octanol–water partition coefficient (Wildman–Crippen LogP) is 18.9. The molecule has 358 valence electrons. The highest BCUT2D eigenvalue weighted by Gasteiger charge is 2.25. The molecule has 0 atom stereocenters. The monoisotopic (exact) mass is 1000 g/mol. The third-order valence-electron chi connectivity index (χ3n) is 15.6. The zero-order valence-corrected chi connectivity index (χ0v) is 41.8. The molecule has 7 nitrogen and oxygen atoms in total. The van der Waals surface area contributed by atoms with Crippen LogP contribution >= 0.6 is 11.3 Å². The van der Waals surface area contributed by atoms with Gasteiger partial charge in [0.05, 0.1) is 22.1 Å². The number of para-hydroxylation sites is 3. The Morgan fingerprint density at radius 1 is 0.312 bits per heavy atom. The summed E-state index contributed by atoms with van der Waals surface area (Å²) in [7, 11) is 0. The van der Waals surface area contributed by atoms with Crippen LogP contribution in [0.2, 0.25) is 0 Å². The summed E-state index contributed by atoms with van der Waals surface area (Å²) in [5.74, 6) is 1.63. The first-order valence-electron chi connectivity index (χ1n) is 25.8. The van der Waals surface area contributed by atoms with Gasteiger partial charge in [-0.05, 0) is 95.1 Å². The van der Waals surface area contributed by atoms with E-state index in [-0.39, 0.29) is 0 Å². The molecule has 0 bridgehead atoms. The number of fused-ring (bicyclic) bond motifs is 16. The zero-order chi connectivity index (χ0) is 50.3. The number of thiophene rings is 1. The number of benzene rings is 11. The highest BCUT2D eigenvalue weighted by molar-refractivity contribution is 7.25. The molecule has 0 aliphatic heterocycles. The average molecular weight is 1000 g/mol. The average Bonchev–Trinajstić information content (AvgIpc) is 4.51. The van der Waals surface area contributed by atoms with Crippen LogP contribution in [0.4, 0.5) is 0 Å². The Balaban J connectivity index is 0.863. The molecule has 0 amide bonds. The molecule has 0 aliphatic carbocycles. The van der Waals surface area contributed by atoms with Gasteiger partial charge in [0.15, 0.2) is 11.6 Å². The Hall–Kier alpha value is -10.2. The van der Waals surface area contributed by atoms with Crippen molar-refractivity contribution in [2.24, 2.45) is 0 Å². The predicted molar refractivity (Wildman–Crippen MR) is 318 cm³/mol. The fourth-order valence-corrected chi connectivity index (χ4v) is 13.3. The summed E-state index contributed by atoms with van der Waals surface area (Å²) < 4.78 is 20.6. The lowest BCUT2D eigenvalue weighted by Gasteiger charge is -2.13. The maximum Gasteiger partial charge on any atom is 0.238 e. The Kier molecular flexibility index (Phi) is 8.87. The summed E-state index contributed by atoms with van der Waals surface area (Å²) in [6.07, 6.45) is 0. The SMILES string of the molecule is c1ccc(-c2nc(-c3cccc4oc5ccc(-c6cccc7oc8cc(-c9ccc%10c(c9)sc9ccccc9%10)ccc8c67)cc5c34)nc(-n3c4ccccc4c4ccc5c6ccccc6n(-c6ccccc6)c5c43)n2)cc1. The number of aromatic nitrogens is 5. The molecule has 0 aliphatic rings. The lowest BCUT2D eigenvalue weighted by Crippen LogP contribution is -2.07. The third-order valence-corrected chi connectivity index (χ3v) is 16.7. The van der Waals surface area contributed by atoms with Crippen LogP contribution in [0, 0.1) is 0 Å². The van der Waals surface area contributed by atoms with Gasteiger partial charge in [0.2, 0.25) is 5.95 Å². The molecule has 0 unspecified atom stereocenters. The minimum absolute atomic E-state index is 0.519. The first-order valence-corrected chi connectivity index (χ1v) is 26.6. The van der Waals surface area contributed by atoms with E-state index in [9.17, 15) is 0 Å². The summed E-state index contributed by atoms with van der Waals surface area (Å²) >= 11 is 1.84. The molecule has 8 heteroatoms. The van der Waals surface area contributed by atoms with Gasteiger partial charge in [-0.2, -0.15) is 9.97 Å². The molecular weight excluding hydrogens is 963 g/mol. The van der Waals surface area contributed by atoms with E-state index in [2.05, 4.69) is 215 Å². The largest absolute Gasteiger partial charge is 0.456 e. The molecule has 0 fully saturated rings. The molecule has 17 aromatic rings. The molecule has 0 saturated carbocycles. The summed E-state index contributed by atoms with van der Waals surface area (Å²) in [5.41, 5.74) is 14.6. The maximum absolute atomic E-state index is 6.72. The van der Waals surface area contributed by atoms with E-state index >= 15 is 0 Å². The number of hydrogen-bond donors (Lipinski definition) is 0. The van der Waals surface area contributed by atoms with Gasteiger partial charge in [-0.15, -0.1) is 11.3 Å². The van der Waals surface area contributed by atoms with Crippen molar-refractivity contribution in [1.82, 2.24) is 24.1 Å². The topological polar surface area (TPSA) is 74.8 Å². The second-order valence-corrected chi connectivity index (χ2v) is 20.9. The van der Waals surface area contributed by atoms with Gasteiger partial charge in [0.25, 0.3) is 0 Å². The highest BCUT2D eigenvalue weighted by atomic mass is 32.1. The summed E-state index contributed by atoms with van der Waals surface area (Å²) in [6, 6.07) is 83.6. The van der Waals surface area contributed by atoms with Crippen LogP contribution in [0.5, 0.6) is 0 Å². The first kappa shape index (κ1) is 42.2. The van der Waals surface area contributed by atoms with Crippen LogP contribution in [0.15, 0.2) is 245 Å². The molecule has 6 aromatic heterocycles. The minimum Gasteiger partial charge on any atom is -0.456 e. The number of rotatable bonds is 6. The molecule has 0 N–H and O–H groups in total. The molecule has 17 rings (SSSR count). The van der Waals surface area contributed by atoms with Gasteiger partial charge >= 0.3 is 0 Å². The number of nitrogens with zero attached hydrogens (tertiary/aromatic N) is 5. The smallest absolute Gasteiger partial charge is 0.238 e. The van der Waals surface area contributed by atoms with Crippen LogP contribution in [-0.2, 0) is 0 Å². The fourth-order valence-electron chi connectivity index (χ4n) is 12.2. The quantitative estimate of drug-likeness (QED) is 0.166. The summed E-state index contributed by atoms with van der Waals surface area (Å²) in [5, 5.41) is 11.2. The van der Waals surface area contributed by atoms with Gasteiger partial charge in [-0.1, -0.05) is 164 Å². The van der Waals surface area contributed by atoms with Gasteiger partial charge in [-0.3, -0.25) is 4.57 Å². The van der Waals surface area contributed by atoms with Crippen molar-refractivity contribution in [2.75, 3.05) is 0 Å². The van der Waals surface area contributed by atoms with Crippen molar-refractivity contribution >= 4 is 119 Å². The van der Waals surface area contributed by atoms with Crippen molar-refractivity contribution < 1.29 is 8.83 Å². The van der Waals surface area contributed by atoms with E-state index in [0.29, 0.717) is 17.6 Å². The number of hydrogen-bond acceptors (Lipinski definition) is 6. The Labute approximate surface area is 442 Å². The molecule has 77 heavy (non-hydrogen) atoms. The molecular formula is C69H39N5O2S. The van der Waals surface area contributed by atoms with E-state index in [0.717, 1.165) is 116 Å². The van der Waals surface area contributed by atoms with Gasteiger partial charge in [0, 0.05) is 80.1 Å². The van der Waals surface area contributed by atoms with Crippen LogP contribution in [0.25, 0.3) is 164 Å². The maximum atomic E-state index is 6.72. The normalized spacial score (nSPS) is 12.2. The molecule has 11 aromatic carbocycles. The van der Waals surface area contributed by atoms with Crippen LogP contribution < -0.4 is 0 Å². The van der Waals surface area contributed by atoms with E-state index in [1.54, 1.807) is 0 Å². The standard InChI is InChI=1S/C69H39N5O2S/c1-3-15-40(16-4-1)67-70-68(72-69(71-67)74-56-25-11-8-20-47(56)51-35-34-50-46-19-7-10-24-55(46)73(65(50)66(51)74)44-17-5-2-6-18-44)53-23-14-27-59-64(53)54-37-43(31-36-57(54)75-59)45-22-13-26-58-63(45)52-33-30-41(38-60(52)76-58)42-29-32-49-48-21-9-12-28-61(48)77-62(49)39-42/h1-39H. The second-order valence-electron chi connectivity index (χ2n) is 19.8. The van der Waals surface area contributed by atoms with Crippen molar-refractivity contribution in [1.29, 1.82) is 0 Å². The Bertz CT molecular complexity index is 5290. The fraction of sp³-hybridized carbons (Fsp3) is 0. The highest BCUT2D eigenvalue weighted by Crippen LogP contribution is 2.45. The Morgan fingerprint density at radius 3 is 1.66 bits per heavy atom. The summed E-state index contributed by atoms with van der Waals surface area (Å²) in [4.78, 5) is 16.3. The van der Waals surface area contributed by atoms with Crippen LogP contribution in [-0.4, -0.2) is 24.1 Å². The lowest BCUT2D eigenvalue weighted by atomic mass is 9.96. The zero-order valence-electron chi connectivity index (χ0n) is 41.0. The van der Waals surface area contributed by atoms with Crippen molar-refractivity contribution in [3.63, 3.8) is 0 Å². The number of furan rings is 2. The van der Waals surface area contributed by atoms with Crippen molar-refractivity contribution in [2.45, 2.75) is 0 Å². The lowest BCUT2D eigenvalue weighted by molar-refractivity contribution is 0.669. The van der Waals surface area contributed by atoms with Crippen LogP contribution in [0.1, 0.15) is 0 Å². The Morgan fingerprint density at radius 2 is 0.883 bits per heavy atom. The third kappa shape index (κ3) is 6.27. The molecule has 6 heterocycles. The van der Waals surface area contributed by atoms with Gasteiger partial charge in [0.1, 0.15) is 22.3 Å². The van der Waals surface area contributed by atoms with E-state index in [4.69, 9.17) is 23.8 Å². The van der Waals surface area contributed by atoms with Gasteiger partial charge < -0.3 is 13.4 Å². The second kappa shape index (κ2) is 16.2.